The highest BCUT2D eigenvalue weighted by molar-refractivity contribution is 6.30. The summed E-state index contributed by atoms with van der Waals surface area (Å²) in [4.78, 5) is 10.5. The normalized spacial score (nSPS) is 10.2. The molecule has 0 aliphatic heterocycles. The number of hydrogen-bond donors (Lipinski definition) is 0. The second-order valence-electron chi connectivity index (χ2n) is 4.47. The Morgan fingerprint density at radius 3 is 2.57 bits per heavy atom. The minimum atomic E-state index is -0.519. The van der Waals surface area contributed by atoms with E-state index in [0.29, 0.717) is 10.8 Å². The maximum Gasteiger partial charge on any atom is 0.312 e. The lowest BCUT2D eigenvalue weighted by Gasteiger charge is -2.11. The van der Waals surface area contributed by atoms with Crippen LogP contribution in [0.4, 0.5) is 5.69 Å². The molecule has 0 N–H and O–H groups in total. The van der Waals surface area contributed by atoms with Crippen molar-refractivity contribution in [2.45, 2.75) is 13.5 Å². The van der Waals surface area contributed by atoms with Gasteiger partial charge in [0.05, 0.1) is 12.0 Å². The van der Waals surface area contributed by atoms with Gasteiger partial charge < -0.3 is 9.47 Å². The van der Waals surface area contributed by atoms with Gasteiger partial charge in [-0.3, -0.25) is 10.1 Å². The predicted octanol–water partition coefficient (Wildman–Crippen LogP) is 4.14. The van der Waals surface area contributed by atoms with E-state index in [1.807, 2.05) is 25.1 Å². The van der Waals surface area contributed by atoms with Gasteiger partial charge in [0, 0.05) is 16.7 Å². The molecular weight excluding hydrogens is 294 g/mol. The van der Waals surface area contributed by atoms with E-state index in [1.165, 1.54) is 12.1 Å². The molecule has 2 rings (SSSR count). The lowest BCUT2D eigenvalue weighted by atomic mass is 10.1. The zero-order valence-corrected chi connectivity index (χ0v) is 12.4. The number of halogens is 1. The first kappa shape index (κ1) is 15.1. The molecule has 0 unspecified atom stereocenters. The molecule has 6 heteroatoms. The van der Waals surface area contributed by atoms with Crippen LogP contribution in [0.1, 0.15) is 11.1 Å². The SMILES string of the molecule is COc1ccc(C)cc1COc1ccc(Cl)cc1[N+](=O)[O-]. The Bertz CT molecular complexity index is 673. The van der Waals surface area contributed by atoms with Gasteiger partial charge in [-0.05, 0) is 31.2 Å². The number of hydrogen-bond acceptors (Lipinski definition) is 4. The number of rotatable bonds is 5. The van der Waals surface area contributed by atoms with E-state index < -0.39 is 4.92 Å². The molecular formula is C15H14ClNO4. The van der Waals surface area contributed by atoms with Gasteiger partial charge in [0.1, 0.15) is 12.4 Å². The molecule has 0 aliphatic carbocycles. The van der Waals surface area contributed by atoms with Crippen molar-refractivity contribution in [3.63, 3.8) is 0 Å². The standard InChI is InChI=1S/C15H14ClNO4/c1-10-3-5-14(20-2)11(7-10)9-21-15-6-4-12(16)8-13(15)17(18)19/h3-8H,9H2,1-2H3. The summed E-state index contributed by atoms with van der Waals surface area (Å²) in [5, 5.41) is 11.3. The minimum absolute atomic E-state index is 0.158. The smallest absolute Gasteiger partial charge is 0.312 e. The van der Waals surface area contributed by atoms with Gasteiger partial charge in [-0.2, -0.15) is 0 Å². The number of nitro benzene ring substituents is 1. The molecule has 0 saturated heterocycles. The third-order valence-corrected chi connectivity index (χ3v) is 3.17. The largest absolute Gasteiger partial charge is 0.496 e. The van der Waals surface area contributed by atoms with Crippen molar-refractivity contribution in [3.05, 3.63) is 62.7 Å². The number of nitrogens with zero attached hydrogens (tertiary/aromatic N) is 1. The molecule has 0 fully saturated rings. The van der Waals surface area contributed by atoms with Gasteiger partial charge >= 0.3 is 5.69 Å². The topological polar surface area (TPSA) is 61.6 Å². The number of ether oxygens (including phenoxy) is 2. The fourth-order valence-corrected chi connectivity index (χ4v) is 2.10. The van der Waals surface area contributed by atoms with Gasteiger partial charge in [0.2, 0.25) is 0 Å². The molecule has 0 aromatic heterocycles. The van der Waals surface area contributed by atoms with Crippen molar-refractivity contribution in [1.29, 1.82) is 0 Å². The van der Waals surface area contributed by atoms with Crippen molar-refractivity contribution in [2.24, 2.45) is 0 Å². The van der Waals surface area contributed by atoms with E-state index in [0.717, 1.165) is 11.1 Å². The molecule has 0 atom stereocenters. The summed E-state index contributed by atoms with van der Waals surface area (Å²) >= 11 is 5.77. The maximum absolute atomic E-state index is 11.0. The van der Waals surface area contributed by atoms with Crippen LogP contribution in [0, 0.1) is 17.0 Å². The van der Waals surface area contributed by atoms with Crippen LogP contribution in [0.25, 0.3) is 0 Å². The van der Waals surface area contributed by atoms with Gasteiger partial charge in [0.25, 0.3) is 0 Å². The van der Waals surface area contributed by atoms with Crippen LogP contribution in [0.3, 0.4) is 0 Å². The molecule has 0 spiro atoms. The molecule has 2 aromatic rings. The molecule has 0 bridgehead atoms. The van der Waals surface area contributed by atoms with E-state index >= 15 is 0 Å². The fourth-order valence-electron chi connectivity index (χ4n) is 1.93. The highest BCUT2D eigenvalue weighted by Gasteiger charge is 2.16. The van der Waals surface area contributed by atoms with Crippen LogP contribution in [0.5, 0.6) is 11.5 Å². The highest BCUT2D eigenvalue weighted by Crippen LogP contribution is 2.31. The summed E-state index contributed by atoms with van der Waals surface area (Å²) < 4.78 is 10.8. The average Bonchev–Trinajstić information content (AvgIpc) is 2.46. The summed E-state index contributed by atoms with van der Waals surface area (Å²) in [5.41, 5.74) is 1.72. The number of methoxy groups -OCH3 is 1. The fraction of sp³-hybridized carbons (Fsp3) is 0.200. The first-order valence-electron chi connectivity index (χ1n) is 6.21. The second kappa shape index (κ2) is 6.45. The Labute approximate surface area is 127 Å². The molecule has 0 saturated carbocycles. The summed E-state index contributed by atoms with van der Waals surface area (Å²) in [5.74, 6) is 0.852. The van der Waals surface area contributed by atoms with Crippen LogP contribution >= 0.6 is 11.6 Å². The predicted molar refractivity (Wildman–Crippen MR) is 80.2 cm³/mol. The number of benzene rings is 2. The van der Waals surface area contributed by atoms with Crippen LogP contribution < -0.4 is 9.47 Å². The van der Waals surface area contributed by atoms with Crippen LogP contribution in [0.2, 0.25) is 5.02 Å². The summed E-state index contributed by atoms with van der Waals surface area (Å²) in [7, 11) is 1.57. The van der Waals surface area contributed by atoms with E-state index in [-0.39, 0.29) is 18.0 Å². The molecule has 0 aliphatic rings. The minimum Gasteiger partial charge on any atom is -0.496 e. The monoisotopic (exact) mass is 307 g/mol. The van der Waals surface area contributed by atoms with Gasteiger partial charge in [-0.1, -0.05) is 23.2 Å². The Morgan fingerprint density at radius 1 is 1.19 bits per heavy atom. The van der Waals surface area contributed by atoms with Crippen molar-refractivity contribution < 1.29 is 14.4 Å². The molecule has 21 heavy (non-hydrogen) atoms. The van der Waals surface area contributed by atoms with Crippen LogP contribution in [-0.4, -0.2) is 12.0 Å². The van der Waals surface area contributed by atoms with Crippen LogP contribution in [0.15, 0.2) is 36.4 Å². The zero-order chi connectivity index (χ0) is 15.4. The summed E-state index contributed by atoms with van der Waals surface area (Å²) in [6.45, 7) is 2.13. The Balaban J connectivity index is 2.24. The molecule has 0 heterocycles. The van der Waals surface area contributed by atoms with Gasteiger partial charge in [-0.15, -0.1) is 0 Å². The highest BCUT2D eigenvalue weighted by atomic mass is 35.5. The van der Waals surface area contributed by atoms with E-state index in [1.54, 1.807) is 13.2 Å². The Morgan fingerprint density at radius 2 is 1.90 bits per heavy atom. The first-order chi connectivity index (χ1) is 10.0. The molecule has 0 amide bonds. The van der Waals surface area contributed by atoms with E-state index in [9.17, 15) is 10.1 Å². The average molecular weight is 308 g/mol. The van der Waals surface area contributed by atoms with E-state index in [4.69, 9.17) is 21.1 Å². The lowest BCUT2D eigenvalue weighted by Crippen LogP contribution is -2.01. The zero-order valence-electron chi connectivity index (χ0n) is 11.6. The van der Waals surface area contributed by atoms with Crippen molar-refractivity contribution >= 4 is 17.3 Å². The summed E-state index contributed by atoms with van der Waals surface area (Å²) in [6, 6.07) is 9.99. The second-order valence-corrected chi connectivity index (χ2v) is 4.91. The Kier molecular flexibility index (Phi) is 4.65. The van der Waals surface area contributed by atoms with Crippen molar-refractivity contribution in [2.75, 3.05) is 7.11 Å². The summed E-state index contributed by atoms with van der Waals surface area (Å²) in [6.07, 6.45) is 0. The molecule has 2 aromatic carbocycles. The third kappa shape index (κ3) is 3.64. The number of aryl methyl sites for hydroxylation is 1. The molecule has 110 valence electrons. The lowest BCUT2D eigenvalue weighted by molar-refractivity contribution is -0.385. The quantitative estimate of drug-likeness (QED) is 0.615. The maximum atomic E-state index is 11.0. The molecule has 0 radical (unpaired) electrons. The van der Waals surface area contributed by atoms with Crippen molar-refractivity contribution in [1.82, 2.24) is 0 Å². The van der Waals surface area contributed by atoms with Crippen LogP contribution in [-0.2, 0) is 6.61 Å². The first-order valence-corrected chi connectivity index (χ1v) is 6.59. The molecule has 5 nitrogen and oxygen atoms in total. The third-order valence-electron chi connectivity index (χ3n) is 2.94. The van der Waals surface area contributed by atoms with Gasteiger partial charge in [0.15, 0.2) is 5.75 Å². The van der Waals surface area contributed by atoms with E-state index in [2.05, 4.69) is 0 Å². The Hall–Kier alpha value is -2.27. The van der Waals surface area contributed by atoms with Gasteiger partial charge in [-0.25, -0.2) is 0 Å². The van der Waals surface area contributed by atoms with Crippen molar-refractivity contribution in [3.8, 4) is 11.5 Å². The number of nitro groups is 1.